The van der Waals surface area contributed by atoms with Crippen LogP contribution >= 0.6 is 39.7 Å². The number of amides is 2. The van der Waals surface area contributed by atoms with E-state index in [2.05, 4.69) is 36.8 Å². The molecule has 1 atom stereocenters. The van der Waals surface area contributed by atoms with Crippen molar-refractivity contribution >= 4 is 51.5 Å². The Bertz CT molecular complexity index is 523. The summed E-state index contributed by atoms with van der Waals surface area (Å²) in [4.78, 5) is 26.9. The molecule has 0 bridgehead atoms. The van der Waals surface area contributed by atoms with Crippen molar-refractivity contribution in [2.75, 3.05) is 39.3 Å². The summed E-state index contributed by atoms with van der Waals surface area (Å²) in [5.74, 6) is -0.375. The third-order valence-corrected chi connectivity index (χ3v) is 5.10. The Morgan fingerprint density at radius 2 is 2.09 bits per heavy atom. The number of carbonyl (C=O) groups is 2. The van der Waals surface area contributed by atoms with Gasteiger partial charge in [-0.25, -0.2) is 0 Å². The van der Waals surface area contributed by atoms with Gasteiger partial charge in [0.15, 0.2) is 0 Å². The van der Waals surface area contributed by atoms with E-state index < -0.39 is 6.04 Å². The van der Waals surface area contributed by atoms with Crippen LogP contribution in [0.5, 0.6) is 0 Å². The molecule has 1 aliphatic heterocycles. The lowest BCUT2D eigenvalue weighted by molar-refractivity contribution is -0.122. The minimum atomic E-state index is -0.545. The second kappa shape index (κ2) is 10.2. The standard InChI is InChI=1S/C14H21BrN4O2S.ClH/c1-10(18-14(21)11-2-3-12(15)22-11)13(20)17-6-9-19-7-4-16-5-8-19;/h2-3,10,16H,4-9H2,1H3,(H,17,20)(H,18,21);1H. The zero-order valence-electron chi connectivity index (χ0n) is 12.9. The first kappa shape index (κ1) is 20.4. The Hall–Kier alpha value is -0.670. The van der Waals surface area contributed by atoms with Crippen molar-refractivity contribution in [1.82, 2.24) is 20.9 Å². The largest absolute Gasteiger partial charge is 0.353 e. The summed E-state index contributed by atoms with van der Waals surface area (Å²) in [6.07, 6.45) is 0. The highest BCUT2D eigenvalue weighted by Gasteiger charge is 2.17. The molecule has 1 aromatic rings. The molecular formula is C14H22BrClN4O2S. The number of hydrogen-bond donors (Lipinski definition) is 3. The van der Waals surface area contributed by atoms with Crippen LogP contribution in [0.15, 0.2) is 15.9 Å². The van der Waals surface area contributed by atoms with Crippen LogP contribution in [0.1, 0.15) is 16.6 Å². The molecule has 0 aromatic carbocycles. The van der Waals surface area contributed by atoms with Crippen LogP contribution in [-0.2, 0) is 4.79 Å². The van der Waals surface area contributed by atoms with Crippen LogP contribution in [0.4, 0.5) is 0 Å². The molecule has 0 aliphatic carbocycles. The first-order chi connectivity index (χ1) is 10.6. The van der Waals surface area contributed by atoms with Crippen molar-refractivity contribution in [2.24, 2.45) is 0 Å². The molecule has 1 aromatic heterocycles. The summed E-state index contributed by atoms with van der Waals surface area (Å²) < 4.78 is 0.894. The molecule has 1 unspecified atom stereocenters. The molecule has 1 aliphatic rings. The van der Waals surface area contributed by atoms with Crippen LogP contribution in [-0.4, -0.2) is 62.0 Å². The fourth-order valence-electron chi connectivity index (χ4n) is 2.19. The fraction of sp³-hybridized carbons (Fsp3) is 0.571. The van der Waals surface area contributed by atoms with Gasteiger partial charge in [0, 0.05) is 39.3 Å². The molecule has 9 heteroatoms. The molecular weight excluding hydrogens is 404 g/mol. The van der Waals surface area contributed by atoms with Crippen molar-refractivity contribution in [3.8, 4) is 0 Å². The van der Waals surface area contributed by atoms with Crippen LogP contribution < -0.4 is 16.0 Å². The highest BCUT2D eigenvalue weighted by atomic mass is 79.9. The summed E-state index contributed by atoms with van der Waals surface area (Å²) in [5, 5.41) is 8.88. The van der Waals surface area contributed by atoms with E-state index in [0.717, 1.165) is 36.5 Å². The topological polar surface area (TPSA) is 73.5 Å². The average molecular weight is 426 g/mol. The first-order valence-electron chi connectivity index (χ1n) is 7.33. The second-order valence-electron chi connectivity index (χ2n) is 5.18. The number of piperazine rings is 1. The molecule has 6 nitrogen and oxygen atoms in total. The Balaban J connectivity index is 0.00000264. The van der Waals surface area contributed by atoms with Crippen LogP contribution in [0, 0.1) is 0 Å². The Morgan fingerprint density at radius 1 is 1.39 bits per heavy atom. The van der Waals surface area contributed by atoms with Crippen molar-refractivity contribution < 1.29 is 9.59 Å². The van der Waals surface area contributed by atoms with E-state index in [1.165, 1.54) is 11.3 Å². The summed E-state index contributed by atoms with van der Waals surface area (Å²) in [5.41, 5.74) is 0. The van der Waals surface area contributed by atoms with E-state index in [1.807, 2.05) is 6.07 Å². The zero-order chi connectivity index (χ0) is 15.9. The molecule has 3 N–H and O–H groups in total. The fourth-order valence-corrected chi connectivity index (χ4v) is 3.48. The molecule has 2 amide bonds. The SMILES string of the molecule is CC(NC(=O)c1ccc(Br)s1)C(=O)NCCN1CCNCC1.Cl. The van der Waals surface area contributed by atoms with Crippen molar-refractivity contribution in [3.63, 3.8) is 0 Å². The van der Waals surface area contributed by atoms with Crippen molar-refractivity contribution in [1.29, 1.82) is 0 Å². The van der Waals surface area contributed by atoms with E-state index in [9.17, 15) is 9.59 Å². The quantitative estimate of drug-likeness (QED) is 0.637. The third-order valence-electron chi connectivity index (χ3n) is 3.47. The number of rotatable bonds is 6. The summed E-state index contributed by atoms with van der Waals surface area (Å²) in [7, 11) is 0. The van der Waals surface area contributed by atoms with Gasteiger partial charge in [0.1, 0.15) is 6.04 Å². The van der Waals surface area contributed by atoms with Crippen molar-refractivity contribution in [2.45, 2.75) is 13.0 Å². The number of thiophene rings is 1. The van der Waals surface area contributed by atoms with Crippen LogP contribution in [0.2, 0.25) is 0 Å². The minimum Gasteiger partial charge on any atom is -0.353 e. The van der Waals surface area contributed by atoms with Gasteiger partial charge in [-0.05, 0) is 35.0 Å². The smallest absolute Gasteiger partial charge is 0.262 e. The van der Waals surface area contributed by atoms with Gasteiger partial charge in [-0.3, -0.25) is 14.5 Å². The normalized spacial score (nSPS) is 16.3. The molecule has 2 heterocycles. The maximum Gasteiger partial charge on any atom is 0.262 e. The van der Waals surface area contributed by atoms with E-state index in [-0.39, 0.29) is 24.2 Å². The Labute approximate surface area is 154 Å². The number of carbonyl (C=O) groups excluding carboxylic acids is 2. The molecule has 1 saturated heterocycles. The summed E-state index contributed by atoms with van der Waals surface area (Å²) in [6.45, 7) is 7.15. The molecule has 130 valence electrons. The zero-order valence-corrected chi connectivity index (χ0v) is 16.2. The number of nitrogens with zero attached hydrogens (tertiary/aromatic N) is 1. The predicted molar refractivity (Wildman–Crippen MR) is 98.5 cm³/mol. The van der Waals surface area contributed by atoms with Gasteiger partial charge in [-0.2, -0.15) is 0 Å². The average Bonchev–Trinajstić information content (AvgIpc) is 2.95. The number of nitrogens with one attached hydrogen (secondary N) is 3. The van der Waals surface area contributed by atoms with E-state index >= 15 is 0 Å². The second-order valence-corrected chi connectivity index (χ2v) is 7.64. The molecule has 1 fully saturated rings. The lowest BCUT2D eigenvalue weighted by Crippen LogP contribution is -2.49. The van der Waals surface area contributed by atoms with Gasteiger partial charge in [0.25, 0.3) is 5.91 Å². The molecule has 0 spiro atoms. The highest BCUT2D eigenvalue weighted by molar-refractivity contribution is 9.11. The van der Waals surface area contributed by atoms with Gasteiger partial charge in [-0.1, -0.05) is 0 Å². The first-order valence-corrected chi connectivity index (χ1v) is 8.94. The van der Waals surface area contributed by atoms with Gasteiger partial charge in [0.05, 0.1) is 8.66 Å². The summed E-state index contributed by atoms with van der Waals surface area (Å²) in [6, 6.07) is 3.01. The summed E-state index contributed by atoms with van der Waals surface area (Å²) >= 11 is 4.66. The Kier molecular flexibility index (Phi) is 9.08. The minimum absolute atomic E-state index is 0. The van der Waals surface area contributed by atoms with Gasteiger partial charge >= 0.3 is 0 Å². The lowest BCUT2D eigenvalue weighted by atomic mass is 10.3. The molecule has 23 heavy (non-hydrogen) atoms. The lowest BCUT2D eigenvalue weighted by Gasteiger charge is -2.27. The van der Waals surface area contributed by atoms with Gasteiger partial charge < -0.3 is 16.0 Å². The predicted octanol–water partition coefficient (Wildman–Crippen LogP) is 1.07. The van der Waals surface area contributed by atoms with Crippen molar-refractivity contribution in [3.05, 3.63) is 20.8 Å². The third kappa shape index (κ3) is 6.76. The highest BCUT2D eigenvalue weighted by Crippen LogP contribution is 2.21. The maximum atomic E-state index is 12.0. The van der Waals surface area contributed by atoms with Crippen LogP contribution in [0.3, 0.4) is 0 Å². The maximum absolute atomic E-state index is 12.0. The van der Waals surface area contributed by atoms with Gasteiger partial charge in [0.2, 0.25) is 5.91 Å². The number of hydrogen-bond acceptors (Lipinski definition) is 5. The van der Waals surface area contributed by atoms with E-state index in [0.29, 0.717) is 11.4 Å². The number of halogens is 2. The van der Waals surface area contributed by atoms with E-state index in [4.69, 9.17) is 0 Å². The molecule has 0 saturated carbocycles. The molecule has 0 radical (unpaired) electrons. The van der Waals surface area contributed by atoms with Gasteiger partial charge in [-0.15, -0.1) is 23.7 Å². The molecule has 2 rings (SSSR count). The van der Waals surface area contributed by atoms with Crippen LogP contribution in [0.25, 0.3) is 0 Å². The monoisotopic (exact) mass is 424 g/mol. The Morgan fingerprint density at radius 3 is 2.70 bits per heavy atom. The van der Waals surface area contributed by atoms with E-state index in [1.54, 1.807) is 13.0 Å².